The van der Waals surface area contributed by atoms with Crippen molar-refractivity contribution < 1.29 is 18.3 Å². The number of aromatic nitrogens is 3. The molecular weight excluding hydrogens is 382 g/mol. The van der Waals surface area contributed by atoms with Crippen LogP contribution < -0.4 is 0 Å². The van der Waals surface area contributed by atoms with Gasteiger partial charge in [-0.2, -0.15) is 17.0 Å². The minimum Gasteiger partial charge on any atom is -0.478 e. The summed E-state index contributed by atoms with van der Waals surface area (Å²) in [7, 11) is -0.387. The van der Waals surface area contributed by atoms with Crippen LogP contribution in [0, 0.1) is 5.92 Å². The van der Waals surface area contributed by atoms with Crippen LogP contribution in [0.25, 0.3) is 11.3 Å². The van der Waals surface area contributed by atoms with Crippen LogP contribution >= 0.6 is 0 Å². The highest BCUT2D eigenvalue weighted by Crippen LogP contribution is 2.27. The van der Waals surface area contributed by atoms with Gasteiger partial charge in [0, 0.05) is 57.5 Å². The van der Waals surface area contributed by atoms with E-state index in [9.17, 15) is 18.3 Å². The summed E-state index contributed by atoms with van der Waals surface area (Å²) in [6, 6.07) is 1.52. The number of piperidine rings is 1. The summed E-state index contributed by atoms with van der Waals surface area (Å²) >= 11 is 0. The maximum atomic E-state index is 12.4. The molecular formula is C18H23N5O4S. The zero-order valence-corrected chi connectivity index (χ0v) is 16.6. The van der Waals surface area contributed by atoms with Gasteiger partial charge in [0.25, 0.3) is 10.2 Å². The first kappa shape index (κ1) is 20.3. The van der Waals surface area contributed by atoms with Crippen LogP contribution in [0.15, 0.2) is 30.9 Å². The lowest BCUT2D eigenvalue weighted by Crippen LogP contribution is -2.45. The summed E-state index contributed by atoms with van der Waals surface area (Å²) in [5, 5.41) is 9.19. The van der Waals surface area contributed by atoms with Gasteiger partial charge >= 0.3 is 5.97 Å². The molecule has 1 atom stereocenters. The minimum absolute atomic E-state index is 0.0787. The van der Waals surface area contributed by atoms with Crippen molar-refractivity contribution in [2.24, 2.45) is 5.92 Å². The van der Waals surface area contributed by atoms with Crippen molar-refractivity contribution in [1.29, 1.82) is 0 Å². The van der Waals surface area contributed by atoms with Crippen LogP contribution in [0.5, 0.6) is 0 Å². The second kappa shape index (κ2) is 8.29. The molecule has 1 unspecified atom stereocenters. The average Bonchev–Trinajstić information content (AvgIpc) is 2.68. The highest BCUT2D eigenvalue weighted by Gasteiger charge is 2.31. The summed E-state index contributed by atoms with van der Waals surface area (Å²) in [5.74, 6) is -0.953. The molecule has 9 nitrogen and oxygen atoms in total. The molecule has 1 N–H and O–H groups in total. The van der Waals surface area contributed by atoms with Gasteiger partial charge in [-0.1, -0.05) is 0 Å². The summed E-state index contributed by atoms with van der Waals surface area (Å²) in [5.41, 5.74) is 1.94. The number of hydrogen-bond donors (Lipinski definition) is 1. The smallest absolute Gasteiger partial charge is 0.337 e. The molecule has 1 saturated heterocycles. The summed E-state index contributed by atoms with van der Waals surface area (Å²) in [6.45, 7) is 0.929. The largest absolute Gasteiger partial charge is 0.478 e. The van der Waals surface area contributed by atoms with E-state index in [0.717, 1.165) is 12.8 Å². The first-order chi connectivity index (χ1) is 13.3. The van der Waals surface area contributed by atoms with Gasteiger partial charge < -0.3 is 5.11 Å². The van der Waals surface area contributed by atoms with Crippen molar-refractivity contribution in [2.75, 3.05) is 27.2 Å². The molecule has 2 aromatic heterocycles. The van der Waals surface area contributed by atoms with Gasteiger partial charge in [-0.3, -0.25) is 15.0 Å². The molecule has 0 aliphatic carbocycles. The van der Waals surface area contributed by atoms with Gasteiger partial charge in [-0.05, 0) is 31.2 Å². The lowest BCUT2D eigenvalue weighted by Gasteiger charge is -2.33. The molecule has 0 aromatic carbocycles. The van der Waals surface area contributed by atoms with E-state index in [1.54, 1.807) is 18.6 Å². The van der Waals surface area contributed by atoms with Crippen LogP contribution in [-0.2, 0) is 16.6 Å². The third kappa shape index (κ3) is 4.34. The molecule has 0 bridgehead atoms. The third-order valence-corrected chi connectivity index (χ3v) is 6.69. The Bertz CT molecular complexity index is 964. The number of aromatic carboxylic acids is 1. The van der Waals surface area contributed by atoms with E-state index in [-0.39, 0.29) is 11.5 Å². The molecule has 10 heteroatoms. The number of pyridine rings is 1. The average molecular weight is 405 g/mol. The molecule has 0 spiro atoms. The summed E-state index contributed by atoms with van der Waals surface area (Å²) < 4.78 is 27.6. The topological polar surface area (TPSA) is 117 Å². The molecule has 0 saturated carbocycles. The Hall–Kier alpha value is -2.43. The maximum Gasteiger partial charge on any atom is 0.337 e. The Morgan fingerprint density at radius 2 is 2.04 bits per heavy atom. The Kier molecular flexibility index (Phi) is 6.01. The van der Waals surface area contributed by atoms with Crippen molar-refractivity contribution in [3.8, 4) is 11.3 Å². The molecule has 1 aliphatic rings. The second-order valence-electron chi connectivity index (χ2n) is 6.98. The van der Waals surface area contributed by atoms with Gasteiger partial charge in [0.05, 0.1) is 17.0 Å². The van der Waals surface area contributed by atoms with Crippen LogP contribution in [-0.4, -0.2) is 70.2 Å². The van der Waals surface area contributed by atoms with E-state index in [1.165, 1.54) is 35.0 Å². The predicted octanol–water partition coefficient (Wildman–Crippen LogP) is 1.30. The van der Waals surface area contributed by atoms with Crippen molar-refractivity contribution in [2.45, 2.75) is 19.3 Å². The van der Waals surface area contributed by atoms with Crippen molar-refractivity contribution >= 4 is 16.2 Å². The van der Waals surface area contributed by atoms with Gasteiger partial charge in [0.1, 0.15) is 0 Å². The van der Waals surface area contributed by atoms with E-state index >= 15 is 0 Å². The van der Waals surface area contributed by atoms with Crippen molar-refractivity contribution in [1.82, 2.24) is 23.6 Å². The third-order valence-electron chi connectivity index (χ3n) is 4.78. The molecule has 0 amide bonds. The monoisotopic (exact) mass is 405 g/mol. The molecule has 3 heterocycles. The van der Waals surface area contributed by atoms with E-state index in [0.29, 0.717) is 36.5 Å². The predicted molar refractivity (Wildman–Crippen MR) is 103 cm³/mol. The van der Waals surface area contributed by atoms with Gasteiger partial charge in [0.15, 0.2) is 0 Å². The Labute approximate surface area is 164 Å². The Morgan fingerprint density at radius 1 is 1.29 bits per heavy atom. The normalized spacial score (nSPS) is 18.3. The van der Waals surface area contributed by atoms with Crippen LogP contribution in [0.4, 0.5) is 0 Å². The minimum atomic E-state index is -3.45. The number of carboxylic acid groups (broad SMARTS) is 1. The molecule has 28 heavy (non-hydrogen) atoms. The highest BCUT2D eigenvalue weighted by atomic mass is 32.2. The quantitative estimate of drug-likeness (QED) is 0.770. The summed E-state index contributed by atoms with van der Waals surface area (Å²) in [6.07, 6.45) is 8.21. The zero-order chi connectivity index (χ0) is 20.3. The highest BCUT2D eigenvalue weighted by molar-refractivity contribution is 7.86. The lowest BCUT2D eigenvalue weighted by molar-refractivity contribution is 0.0696. The first-order valence-corrected chi connectivity index (χ1v) is 10.3. The van der Waals surface area contributed by atoms with E-state index in [4.69, 9.17) is 0 Å². The first-order valence-electron chi connectivity index (χ1n) is 8.95. The molecule has 1 aliphatic heterocycles. The SMILES string of the molecule is CN(C)S(=O)(=O)N1CCCC(Cc2nccnc2-c2cncc(C(=O)O)c2)C1. The fraction of sp³-hybridized carbons (Fsp3) is 0.444. The molecule has 0 radical (unpaired) electrons. The Balaban J connectivity index is 1.84. The van der Waals surface area contributed by atoms with Gasteiger partial charge in [-0.15, -0.1) is 0 Å². The van der Waals surface area contributed by atoms with Gasteiger partial charge in [0.2, 0.25) is 0 Å². The number of carbonyl (C=O) groups is 1. The number of carboxylic acids is 1. The standard InChI is InChI=1S/C18H23N5O4S/c1-22(2)28(26,27)23-7-3-4-13(12-23)8-16-17(21-6-5-20-16)14-9-15(18(24)25)11-19-10-14/h5-6,9-11,13H,3-4,7-8,12H2,1-2H3,(H,24,25). The maximum absolute atomic E-state index is 12.4. The molecule has 3 rings (SSSR count). The molecule has 2 aromatic rings. The van der Waals surface area contributed by atoms with E-state index in [2.05, 4.69) is 15.0 Å². The lowest BCUT2D eigenvalue weighted by atomic mass is 9.93. The molecule has 150 valence electrons. The number of rotatable bonds is 6. The second-order valence-corrected chi connectivity index (χ2v) is 9.12. The van der Waals surface area contributed by atoms with Crippen molar-refractivity contribution in [3.63, 3.8) is 0 Å². The van der Waals surface area contributed by atoms with E-state index < -0.39 is 16.2 Å². The number of hydrogen-bond acceptors (Lipinski definition) is 6. The van der Waals surface area contributed by atoms with Gasteiger partial charge in [-0.25, -0.2) is 4.79 Å². The van der Waals surface area contributed by atoms with Crippen LogP contribution in [0.2, 0.25) is 0 Å². The fourth-order valence-corrected chi connectivity index (χ4v) is 4.57. The van der Waals surface area contributed by atoms with E-state index in [1.807, 2.05) is 0 Å². The zero-order valence-electron chi connectivity index (χ0n) is 15.8. The van der Waals surface area contributed by atoms with Crippen LogP contribution in [0.1, 0.15) is 28.9 Å². The van der Waals surface area contributed by atoms with Crippen molar-refractivity contribution in [3.05, 3.63) is 42.1 Å². The van der Waals surface area contributed by atoms with Crippen LogP contribution in [0.3, 0.4) is 0 Å². The summed E-state index contributed by atoms with van der Waals surface area (Å²) in [4.78, 5) is 24.0. The number of nitrogens with zero attached hydrogens (tertiary/aromatic N) is 5. The molecule has 1 fully saturated rings. The fourth-order valence-electron chi connectivity index (χ4n) is 3.35. The Morgan fingerprint density at radius 3 is 2.75 bits per heavy atom.